The summed E-state index contributed by atoms with van der Waals surface area (Å²) in [5.41, 5.74) is 3.25. The van der Waals surface area contributed by atoms with Gasteiger partial charge in [-0.1, -0.05) is 52.7 Å². The molecule has 4 aliphatic rings. The fraction of sp³-hybridized carbons (Fsp3) is 0.906. The topological polar surface area (TPSA) is 66.8 Å². The predicted octanol–water partition coefficient (Wildman–Crippen LogP) is 7.22. The Labute approximate surface area is 220 Å². The zero-order chi connectivity index (χ0) is 26.9. The second kappa shape index (κ2) is 9.11. The van der Waals surface area contributed by atoms with Crippen molar-refractivity contribution in [1.82, 2.24) is 0 Å². The summed E-state index contributed by atoms with van der Waals surface area (Å²) in [6.45, 7) is 19.8. The first kappa shape index (κ1) is 28.1. The van der Waals surface area contributed by atoms with Crippen LogP contribution in [0.25, 0.3) is 0 Å². The van der Waals surface area contributed by atoms with E-state index in [1.54, 1.807) is 31.9 Å². The molecule has 0 aromatic carbocycles. The highest BCUT2D eigenvalue weighted by atomic mass is 16.5. The molecule has 0 saturated heterocycles. The Hall–Kier alpha value is -0.870. The van der Waals surface area contributed by atoms with Gasteiger partial charge in [-0.2, -0.15) is 0 Å². The lowest BCUT2D eigenvalue weighted by Gasteiger charge is -2.62. The highest BCUT2D eigenvalue weighted by Gasteiger charge is 2.63. The number of allylic oxidation sites excluding steroid dienone is 2. The van der Waals surface area contributed by atoms with Crippen LogP contribution in [0.4, 0.5) is 0 Å². The summed E-state index contributed by atoms with van der Waals surface area (Å²) in [5.74, 6) is 1.61. The van der Waals surface area contributed by atoms with Crippen molar-refractivity contribution in [3.05, 3.63) is 11.1 Å². The summed E-state index contributed by atoms with van der Waals surface area (Å²) in [7, 11) is 0. The molecule has 0 aromatic rings. The van der Waals surface area contributed by atoms with Gasteiger partial charge in [-0.3, -0.25) is 4.79 Å². The van der Waals surface area contributed by atoms with Crippen molar-refractivity contribution in [3.63, 3.8) is 0 Å². The molecule has 4 rings (SSSR count). The molecule has 0 bridgehead atoms. The van der Waals surface area contributed by atoms with Gasteiger partial charge < -0.3 is 14.9 Å². The summed E-state index contributed by atoms with van der Waals surface area (Å²) in [5, 5.41) is 20.6. The summed E-state index contributed by atoms with van der Waals surface area (Å²) < 4.78 is 5.85. The molecule has 0 aliphatic heterocycles. The van der Waals surface area contributed by atoms with Crippen LogP contribution in [0.15, 0.2) is 11.1 Å². The molecule has 0 heterocycles. The van der Waals surface area contributed by atoms with E-state index in [2.05, 4.69) is 41.5 Å². The minimum Gasteiger partial charge on any atom is -0.462 e. The Morgan fingerprint density at radius 2 is 1.67 bits per heavy atom. The molecule has 0 aromatic heterocycles. The van der Waals surface area contributed by atoms with E-state index in [1.807, 2.05) is 0 Å². The third kappa shape index (κ3) is 4.21. The lowest BCUT2D eigenvalue weighted by Crippen LogP contribution is -2.55. The fourth-order valence-corrected chi connectivity index (χ4v) is 10.0. The number of hydrogen-bond acceptors (Lipinski definition) is 4. The SMILES string of the molecule is CC(=O)O[C@@H]1CC[C@]2(C)C3=C(CC[C@@H]2C1(C)C)[C@]1(C)CC[C@H]([C@H](C)CC[C@H](O)C(C)(C)O)[C@]1(C)CC3. The van der Waals surface area contributed by atoms with E-state index in [0.717, 1.165) is 19.3 Å². The van der Waals surface area contributed by atoms with Crippen LogP contribution < -0.4 is 0 Å². The molecular weight excluding hydrogens is 448 g/mol. The lowest BCUT2D eigenvalue weighted by atomic mass is 9.43. The first-order valence-corrected chi connectivity index (χ1v) is 14.8. The van der Waals surface area contributed by atoms with E-state index in [0.29, 0.717) is 29.6 Å². The molecule has 4 nitrogen and oxygen atoms in total. The maximum absolute atomic E-state index is 11.8. The number of aliphatic hydroxyl groups is 2. The molecule has 2 N–H and O–H groups in total. The molecule has 0 amide bonds. The Morgan fingerprint density at radius 1 is 1.00 bits per heavy atom. The van der Waals surface area contributed by atoms with Crippen LogP contribution in [0.1, 0.15) is 127 Å². The second-order valence-corrected chi connectivity index (χ2v) is 15.0. The average molecular weight is 503 g/mol. The third-order valence-electron chi connectivity index (χ3n) is 12.5. The number of ether oxygens (including phenoxy) is 1. The Kier molecular flexibility index (Phi) is 7.12. The molecule has 2 fully saturated rings. The monoisotopic (exact) mass is 502 g/mol. The van der Waals surface area contributed by atoms with Crippen LogP contribution in [0.5, 0.6) is 0 Å². The maximum atomic E-state index is 11.8. The predicted molar refractivity (Wildman–Crippen MR) is 145 cm³/mol. The van der Waals surface area contributed by atoms with Crippen LogP contribution in [0.3, 0.4) is 0 Å². The van der Waals surface area contributed by atoms with Gasteiger partial charge in [0.15, 0.2) is 0 Å². The number of aliphatic hydroxyl groups excluding tert-OH is 1. The van der Waals surface area contributed by atoms with Gasteiger partial charge in [-0.25, -0.2) is 0 Å². The van der Waals surface area contributed by atoms with Crippen molar-refractivity contribution in [2.45, 2.75) is 144 Å². The molecular formula is C32H54O4. The van der Waals surface area contributed by atoms with Gasteiger partial charge in [0, 0.05) is 12.3 Å². The minimum absolute atomic E-state index is 0.00704. The van der Waals surface area contributed by atoms with Gasteiger partial charge in [-0.05, 0) is 112 Å². The van der Waals surface area contributed by atoms with E-state index in [9.17, 15) is 15.0 Å². The Bertz CT molecular complexity index is 896. The van der Waals surface area contributed by atoms with Gasteiger partial charge in [0.2, 0.25) is 0 Å². The van der Waals surface area contributed by atoms with Crippen molar-refractivity contribution in [2.75, 3.05) is 0 Å². The molecule has 4 heteroatoms. The van der Waals surface area contributed by atoms with Gasteiger partial charge in [0.25, 0.3) is 0 Å². The number of carbonyl (C=O) groups is 1. The summed E-state index contributed by atoms with van der Waals surface area (Å²) in [6, 6.07) is 0. The van der Waals surface area contributed by atoms with Crippen molar-refractivity contribution in [2.24, 2.45) is 39.4 Å². The van der Waals surface area contributed by atoms with Crippen LogP contribution in [0, 0.1) is 39.4 Å². The molecule has 0 radical (unpaired) electrons. The van der Waals surface area contributed by atoms with Crippen molar-refractivity contribution >= 4 is 5.97 Å². The highest BCUT2D eigenvalue weighted by Crippen LogP contribution is 2.72. The number of esters is 1. The Morgan fingerprint density at radius 3 is 2.28 bits per heavy atom. The number of hydrogen-bond donors (Lipinski definition) is 2. The molecule has 206 valence electrons. The van der Waals surface area contributed by atoms with Crippen molar-refractivity contribution in [1.29, 1.82) is 0 Å². The summed E-state index contributed by atoms with van der Waals surface area (Å²) in [6.07, 6.45) is 10.5. The van der Waals surface area contributed by atoms with Gasteiger partial charge in [0.1, 0.15) is 6.10 Å². The maximum Gasteiger partial charge on any atom is 0.302 e. The van der Waals surface area contributed by atoms with Crippen molar-refractivity contribution in [3.8, 4) is 0 Å². The zero-order valence-corrected chi connectivity index (χ0v) is 24.7. The van der Waals surface area contributed by atoms with E-state index < -0.39 is 11.7 Å². The highest BCUT2D eigenvalue weighted by molar-refractivity contribution is 5.66. The second-order valence-electron chi connectivity index (χ2n) is 15.0. The number of carbonyl (C=O) groups excluding carboxylic acids is 1. The lowest BCUT2D eigenvalue weighted by molar-refractivity contribution is -0.167. The smallest absolute Gasteiger partial charge is 0.302 e. The van der Waals surface area contributed by atoms with Crippen LogP contribution in [-0.2, 0) is 9.53 Å². The molecule has 8 atom stereocenters. The Balaban J connectivity index is 1.59. The van der Waals surface area contributed by atoms with Crippen LogP contribution in [0.2, 0.25) is 0 Å². The van der Waals surface area contributed by atoms with Crippen LogP contribution in [-0.4, -0.2) is 34.0 Å². The van der Waals surface area contributed by atoms with Gasteiger partial charge in [0.05, 0.1) is 11.7 Å². The third-order valence-corrected chi connectivity index (χ3v) is 12.5. The molecule has 0 unspecified atom stereocenters. The van der Waals surface area contributed by atoms with E-state index >= 15 is 0 Å². The quantitative estimate of drug-likeness (QED) is 0.297. The van der Waals surface area contributed by atoms with Crippen molar-refractivity contribution < 1.29 is 19.7 Å². The molecule has 0 spiro atoms. The fourth-order valence-electron chi connectivity index (χ4n) is 10.0. The summed E-state index contributed by atoms with van der Waals surface area (Å²) in [4.78, 5) is 11.8. The number of rotatable bonds is 6. The van der Waals surface area contributed by atoms with E-state index in [-0.39, 0.29) is 28.3 Å². The average Bonchev–Trinajstić information content (AvgIpc) is 3.04. The first-order chi connectivity index (χ1) is 16.5. The van der Waals surface area contributed by atoms with E-state index in [4.69, 9.17) is 4.74 Å². The largest absolute Gasteiger partial charge is 0.462 e. The van der Waals surface area contributed by atoms with Gasteiger partial charge in [-0.15, -0.1) is 0 Å². The minimum atomic E-state index is -1.03. The first-order valence-electron chi connectivity index (χ1n) is 14.8. The van der Waals surface area contributed by atoms with Crippen LogP contribution >= 0.6 is 0 Å². The standard InChI is InChI=1S/C32H54O4/c1-20(10-13-26(34)29(5,6)35)22-14-18-32(9)24-11-12-25-28(3,4)27(36-21(2)33)16-17-30(25,7)23(24)15-19-31(22,32)8/h20,22,25-27,34-35H,10-19H2,1-9H3/t20-,22-,25-,26+,27-,30-,31+,32+/m1/s1. The molecule has 2 saturated carbocycles. The number of fused-ring (bicyclic) bond motifs is 4. The molecule has 36 heavy (non-hydrogen) atoms. The normalized spacial score (nSPS) is 41.7. The molecule has 4 aliphatic carbocycles. The summed E-state index contributed by atoms with van der Waals surface area (Å²) >= 11 is 0. The van der Waals surface area contributed by atoms with E-state index in [1.165, 1.54) is 38.5 Å². The van der Waals surface area contributed by atoms with Gasteiger partial charge >= 0.3 is 5.97 Å². The zero-order valence-electron chi connectivity index (χ0n) is 24.7.